The van der Waals surface area contributed by atoms with Gasteiger partial charge in [-0.25, -0.2) is 9.97 Å². The van der Waals surface area contributed by atoms with Crippen molar-refractivity contribution in [3.05, 3.63) is 23.8 Å². The highest BCUT2D eigenvalue weighted by Gasteiger charge is 2.04. The lowest BCUT2D eigenvalue weighted by Crippen LogP contribution is -1.94. The second-order valence-corrected chi connectivity index (χ2v) is 2.71. The van der Waals surface area contributed by atoms with Crippen molar-refractivity contribution in [3.63, 3.8) is 0 Å². The summed E-state index contributed by atoms with van der Waals surface area (Å²) in [6, 6.07) is 1.86. The fraction of sp³-hybridized carbons (Fsp3) is 0.333. The lowest BCUT2D eigenvalue weighted by Gasteiger charge is -1.97. The van der Waals surface area contributed by atoms with Gasteiger partial charge < -0.3 is 4.42 Å². The zero-order valence-corrected chi connectivity index (χ0v) is 7.16. The highest BCUT2D eigenvalue weighted by atomic mass is 16.3. The summed E-state index contributed by atoms with van der Waals surface area (Å²) in [5.41, 5.74) is 2.62. The van der Waals surface area contributed by atoms with Gasteiger partial charge in [-0.1, -0.05) is 6.92 Å². The lowest BCUT2D eigenvalue weighted by atomic mass is 10.3. The van der Waals surface area contributed by atoms with Crippen LogP contribution in [-0.4, -0.2) is 9.97 Å². The number of rotatable bonds is 1. The predicted octanol–water partition coefficient (Wildman–Crippen LogP) is 2.09. The van der Waals surface area contributed by atoms with Crippen LogP contribution in [0.1, 0.15) is 18.4 Å². The first kappa shape index (κ1) is 7.28. The number of aromatic nitrogens is 2. The Balaban J connectivity index is 2.75. The van der Waals surface area contributed by atoms with Crippen molar-refractivity contribution in [1.29, 1.82) is 0 Å². The first-order chi connectivity index (χ1) is 5.81. The molecule has 2 heterocycles. The maximum atomic E-state index is 5.22. The first-order valence-corrected chi connectivity index (χ1v) is 4.02. The van der Waals surface area contributed by atoms with E-state index in [1.807, 2.05) is 19.9 Å². The van der Waals surface area contributed by atoms with Crippen molar-refractivity contribution in [2.75, 3.05) is 0 Å². The fourth-order valence-electron chi connectivity index (χ4n) is 1.23. The Morgan fingerprint density at radius 3 is 3.00 bits per heavy atom. The summed E-state index contributed by atoms with van der Waals surface area (Å²) in [6.45, 7) is 3.98. The van der Waals surface area contributed by atoms with Gasteiger partial charge in [0.2, 0.25) is 0 Å². The second kappa shape index (κ2) is 2.59. The van der Waals surface area contributed by atoms with Crippen LogP contribution in [0.3, 0.4) is 0 Å². The number of furan rings is 1. The minimum Gasteiger partial charge on any atom is -0.461 e. The standard InChI is InChI=1S/C9H10N2O/c1-3-8-10-6(2)9-7(11-8)4-5-12-9/h4-5H,3H2,1-2H3. The predicted molar refractivity (Wildman–Crippen MR) is 45.9 cm³/mol. The number of hydrogen-bond donors (Lipinski definition) is 0. The summed E-state index contributed by atoms with van der Waals surface area (Å²) in [4.78, 5) is 8.60. The van der Waals surface area contributed by atoms with Gasteiger partial charge in [-0.2, -0.15) is 0 Å². The second-order valence-electron chi connectivity index (χ2n) is 2.71. The summed E-state index contributed by atoms with van der Waals surface area (Å²) >= 11 is 0. The quantitative estimate of drug-likeness (QED) is 0.644. The maximum Gasteiger partial charge on any atom is 0.173 e. The SMILES string of the molecule is CCc1nc(C)c2occc2n1. The van der Waals surface area contributed by atoms with Gasteiger partial charge in [0.1, 0.15) is 11.3 Å². The number of fused-ring (bicyclic) bond motifs is 1. The Hall–Kier alpha value is -1.38. The van der Waals surface area contributed by atoms with E-state index in [1.54, 1.807) is 6.26 Å². The number of aryl methyl sites for hydroxylation is 2. The number of nitrogens with zero attached hydrogens (tertiary/aromatic N) is 2. The van der Waals surface area contributed by atoms with Crippen molar-refractivity contribution >= 4 is 11.1 Å². The van der Waals surface area contributed by atoms with Gasteiger partial charge in [0.05, 0.1) is 12.0 Å². The van der Waals surface area contributed by atoms with E-state index in [1.165, 1.54) is 0 Å². The molecule has 2 aromatic rings. The third-order valence-corrected chi connectivity index (χ3v) is 1.84. The summed E-state index contributed by atoms with van der Waals surface area (Å²) in [6.07, 6.45) is 2.51. The van der Waals surface area contributed by atoms with Crippen LogP contribution in [0.15, 0.2) is 16.7 Å². The first-order valence-electron chi connectivity index (χ1n) is 4.02. The topological polar surface area (TPSA) is 38.9 Å². The third-order valence-electron chi connectivity index (χ3n) is 1.84. The van der Waals surface area contributed by atoms with E-state index in [9.17, 15) is 0 Å². The highest BCUT2D eigenvalue weighted by molar-refractivity contribution is 5.74. The Labute approximate surface area is 70.4 Å². The van der Waals surface area contributed by atoms with Crippen LogP contribution in [-0.2, 0) is 6.42 Å². The van der Waals surface area contributed by atoms with Crippen LogP contribution < -0.4 is 0 Å². The average Bonchev–Trinajstić information content (AvgIpc) is 2.52. The van der Waals surface area contributed by atoms with Gasteiger partial charge in [-0.3, -0.25) is 0 Å². The van der Waals surface area contributed by atoms with Crippen molar-refractivity contribution in [3.8, 4) is 0 Å². The summed E-state index contributed by atoms with van der Waals surface area (Å²) in [5, 5.41) is 0. The zero-order chi connectivity index (χ0) is 8.55. The van der Waals surface area contributed by atoms with E-state index in [0.717, 1.165) is 29.0 Å². The van der Waals surface area contributed by atoms with Crippen molar-refractivity contribution in [2.24, 2.45) is 0 Å². The normalized spacial score (nSPS) is 10.8. The Kier molecular flexibility index (Phi) is 1.57. The molecule has 0 radical (unpaired) electrons. The van der Waals surface area contributed by atoms with Gasteiger partial charge in [0.25, 0.3) is 0 Å². The molecular formula is C9H10N2O. The molecule has 12 heavy (non-hydrogen) atoms. The molecule has 0 saturated heterocycles. The van der Waals surface area contributed by atoms with Crippen LogP contribution >= 0.6 is 0 Å². The Morgan fingerprint density at radius 2 is 2.25 bits per heavy atom. The van der Waals surface area contributed by atoms with Crippen LogP contribution in [0.4, 0.5) is 0 Å². The van der Waals surface area contributed by atoms with Gasteiger partial charge in [-0.05, 0) is 6.92 Å². The van der Waals surface area contributed by atoms with Crippen LogP contribution in [0.25, 0.3) is 11.1 Å². The molecular weight excluding hydrogens is 152 g/mol. The smallest absolute Gasteiger partial charge is 0.173 e. The van der Waals surface area contributed by atoms with E-state index in [-0.39, 0.29) is 0 Å². The Morgan fingerprint density at radius 1 is 1.42 bits per heavy atom. The molecule has 0 saturated carbocycles. The van der Waals surface area contributed by atoms with E-state index in [4.69, 9.17) is 4.42 Å². The lowest BCUT2D eigenvalue weighted by molar-refractivity contribution is 0.609. The van der Waals surface area contributed by atoms with E-state index in [2.05, 4.69) is 9.97 Å². The molecule has 0 atom stereocenters. The maximum absolute atomic E-state index is 5.22. The molecule has 0 amide bonds. The van der Waals surface area contributed by atoms with Gasteiger partial charge in [0.15, 0.2) is 5.58 Å². The molecule has 2 rings (SSSR count). The summed E-state index contributed by atoms with van der Waals surface area (Å²) in [7, 11) is 0. The van der Waals surface area contributed by atoms with Crippen molar-refractivity contribution in [2.45, 2.75) is 20.3 Å². The Bertz CT molecular complexity index is 406. The van der Waals surface area contributed by atoms with Crippen LogP contribution in [0.2, 0.25) is 0 Å². The molecule has 0 aromatic carbocycles. The molecule has 3 heteroatoms. The zero-order valence-electron chi connectivity index (χ0n) is 7.16. The monoisotopic (exact) mass is 162 g/mol. The minimum absolute atomic E-state index is 0.798. The molecule has 0 aliphatic carbocycles. The summed E-state index contributed by atoms with van der Waals surface area (Å²) < 4.78 is 5.22. The molecule has 0 aliphatic rings. The van der Waals surface area contributed by atoms with Crippen molar-refractivity contribution < 1.29 is 4.42 Å². The summed E-state index contributed by atoms with van der Waals surface area (Å²) in [5.74, 6) is 0.876. The highest BCUT2D eigenvalue weighted by Crippen LogP contribution is 2.15. The molecule has 0 N–H and O–H groups in total. The molecule has 0 spiro atoms. The largest absolute Gasteiger partial charge is 0.461 e. The number of hydrogen-bond acceptors (Lipinski definition) is 3. The van der Waals surface area contributed by atoms with Gasteiger partial charge in [-0.15, -0.1) is 0 Å². The minimum atomic E-state index is 0.798. The fourth-order valence-corrected chi connectivity index (χ4v) is 1.23. The average molecular weight is 162 g/mol. The van der Waals surface area contributed by atoms with Gasteiger partial charge in [0, 0.05) is 12.5 Å². The van der Waals surface area contributed by atoms with Gasteiger partial charge >= 0.3 is 0 Å². The molecule has 3 nitrogen and oxygen atoms in total. The molecule has 62 valence electrons. The molecule has 2 aromatic heterocycles. The van der Waals surface area contributed by atoms with Crippen molar-refractivity contribution in [1.82, 2.24) is 9.97 Å². The van der Waals surface area contributed by atoms with E-state index < -0.39 is 0 Å². The van der Waals surface area contributed by atoms with E-state index in [0.29, 0.717) is 0 Å². The molecule has 0 bridgehead atoms. The molecule has 0 unspecified atom stereocenters. The van der Waals surface area contributed by atoms with Crippen LogP contribution in [0.5, 0.6) is 0 Å². The van der Waals surface area contributed by atoms with E-state index >= 15 is 0 Å². The van der Waals surface area contributed by atoms with Crippen LogP contribution in [0, 0.1) is 6.92 Å². The molecule has 0 fully saturated rings. The third kappa shape index (κ3) is 0.978. The molecule has 0 aliphatic heterocycles.